The summed E-state index contributed by atoms with van der Waals surface area (Å²) >= 11 is 0. The predicted molar refractivity (Wildman–Crippen MR) is 79.0 cm³/mol. The van der Waals surface area contributed by atoms with Crippen LogP contribution in [0.25, 0.3) is 16.6 Å². The predicted octanol–water partition coefficient (Wildman–Crippen LogP) is 4.55. The van der Waals surface area contributed by atoms with E-state index >= 15 is 0 Å². The molecular weight excluding hydrogens is 271 g/mol. The Morgan fingerprint density at radius 1 is 1.35 bits per heavy atom. The fourth-order valence-electron chi connectivity index (χ4n) is 3.66. The van der Waals surface area contributed by atoms with Crippen LogP contribution in [-0.2, 0) is 10.2 Å². The molecule has 1 N–H and O–H groups in total. The molecule has 2 aliphatic rings. The van der Waals surface area contributed by atoms with E-state index in [1.54, 1.807) is 0 Å². The third kappa shape index (κ3) is 1.66. The van der Waals surface area contributed by atoms with E-state index in [0.717, 1.165) is 34.1 Å². The minimum Gasteiger partial charge on any atom is -0.481 e. The van der Waals surface area contributed by atoms with Crippen molar-refractivity contribution < 1.29 is 14.1 Å². The number of hydrogen-bond donors (Lipinski definition) is 1. The molecule has 1 spiro atoms. The topological polar surface area (TPSA) is 50.4 Å². The van der Waals surface area contributed by atoms with Gasteiger partial charge in [0.1, 0.15) is 14.7 Å². The Kier molecular flexibility index (Phi) is 2.55. The molecule has 2 aliphatic carbocycles. The Labute approximate surface area is 118 Å². The maximum Gasteiger partial charge on any atom is 0.306 e. The first-order chi connectivity index (χ1) is 9.68. The number of carboxylic acids is 1. The van der Waals surface area contributed by atoms with Crippen LogP contribution in [0.3, 0.4) is 0 Å². The molecule has 1 heterocycles. The first-order valence-electron chi connectivity index (χ1n) is 6.99. The van der Waals surface area contributed by atoms with E-state index in [9.17, 15) is 4.79 Å². The molecule has 4 rings (SSSR count). The number of carbonyl (C=O) groups is 1. The SMILES string of the molecule is O=C(O)C1CCC2(C=Cc3cc4pocc4cc32)CC1. The van der Waals surface area contributed by atoms with Crippen molar-refractivity contribution in [2.24, 2.45) is 5.92 Å². The number of allylic oxidation sites excluding steroid dienone is 1. The maximum atomic E-state index is 11.1. The summed E-state index contributed by atoms with van der Waals surface area (Å²) in [5.74, 6) is -0.808. The van der Waals surface area contributed by atoms with Gasteiger partial charge in [0.2, 0.25) is 0 Å². The minimum absolute atomic E-state index is 0.0592. The van der Waals surface area contributed by atoms with E-state index in [1.807, 2.05) is 6.26 Å². The van der Waals surface area contributed by atoms with Crippen molar-refractivity contribution >= 4 is 31.0 Å². The maximum absolute atomic E-state index is 11.1. The third-order valence-electron chi connectivity index (χ3n) is 4.87. The van der Waals surface area contributed by atoms with Gasteiger partial charge in [-0.2, -0.15) is 0 Å². The van der Waals surface area contributed by atoms with Gasteiger partial charge < -0.3 is 9.30 Å². The Hall–Kier alpha value is -1.60. The smallest absolute Gasteiger partial charge is 0.306 e. The van der Waals surface area contributed by atoms with Crippen molar-refractivity contribution in [2.45, 2.75) is 31.1 Å². The van der Waals surface area contributed by atoms with Crippen molar-refractivity contribution in [3.63, 3.8) is 0 Å². The molecule has 2 aromatic rings. The zero-order valence-electron chi connectivity index (χ0n) is 11.0. The molecule has 1 saturated carbocycles. The lowest BCUT2D eigenvalue weighted by molar-refractivity contribution is -0.143. The quantitative estimate of drug-likeness (QED) is 0.836. The largest absolute Gasteiger partial charge is 0.481 e. The molecule has 1 aromatic carbocycles. The van der Waals surface area contributed by atoms with Gasteiger partial charge in [-0.1, -0.05) is 12.2 Å². The summed E-state index contributed by atoms with van der Waals surface area (Å²) in [6.07, 6.45) is 9.73. The lowest BCUT2D eigenvalue weighted by Gasteiger charge is -2.35. The second-order valence-electron chi connectivity index (χ2n) is 5.91. The van der Waals surface area contributed by atoms with Gasteiger partial charge >= 0.3 is 5.97 Å². The van der Waals surface area contributed by atoms with Gasteiger partial charge in [-0.05, 0) is 48.9 Å². The fourth-order valence-corrected chi connectivity index (χ4v) is 4.35. The van der Waals surface area contributed by atoms with Gasteiger partial charge in [-0.15, -0.1) is 0 Å². The number of aliphatic carboxylic acids is 1. The zero-order valence-corrected chi connectivity index (χ0v) is 11.9. The summed E-state index contributed by atoms with van der Waals surface area (Å²) in [4.78, 5) is 11.1. The van der Waals surface area contributed by atoms with E-state index < -0.39 is 5.97 Å². The van der Waals surface area contributed by atoms with Crippen LogP contribution in [0, 0.1) is 5.92 Å². The molecule has 0 saturated heterocycles. The monoisotopic (exact) mass is 286 g/mol. The molecule has 20 heavy (non-hydrogen) atoms. The van der Waals surface area contributed by atoms with Gasteiger partial charge in [0.25, 0.3) is 0 Å². The Morgan fingerprint density at radius 3 is 2.90 bits per heavy atom. The summed E-state index contributed by atoms with van der Waals surface area (Å²) in [6.45, 7) is 0. The molecule has 3 nitrogen and oxygen atoms in total. The zero-order chi connectivity index (χ0) is 13.7. The summed E-state index contributed by atoms with van der Waals surface area (Å²) in [5.41, 5.74) is 2.70. The number of carboxylic acid groups (broad SMARTS) is 1. The highest BCUT2D eigenvalue weighted by Crippen LogP contribution is 2.49. The lowest BCUT2D eigenvalue weighted by Crippen LogP contribution is -2.31. The number of rotatable bonds is 1. The summed E-state index contributed by atoms with van der Waals surface area (Å²) in [7, 11) is 0.916. The fraction of sp³-hybridized carbons (Fsp3) is 0.375. The highest BCUT2D eigenvalue weighted by molar-refractivity contribution is 7.30. The van der Waals surface area contributed by atoms with Crippen molar-refractivity contribution in [1.82, 2.24) is 0 Å². The van der Waals surface area contributed by atoms with Gasteiger partial charge in [0, 0.05) is 15.9 Å². The van der Waals surface area contributed by atoms with Crippen molar-refractivity contribution in [3.05, 3.63) is 35.6 Å². The first kappa shape index (κ1) is 12.2. The second-order valence-corrected chi connectivity index (χ2v) is 6.79. The molecule has 0 atom stereocenters. The average molecular weight is 286 g/mol. The van der Waals surface area contributed by atoms with Crippen LogP contribution in [-0.4, -0.2) is 11.1 Å². The molecule has 0 radical (unpaired) electrons. The van der Waals surface area contributed by atoms with Crippen LogP contribution in [0.15, 0.2) is 28.7 Å². The molecule has 0 aliphatic heterocycles. The second kappa shape index (κ2) is 4.20. The summed E-state index contributed by atoms with van der Waals surface area (Å²) < 4.78 is 5.36. The van der Waals surface area contributed by atoms with Gasteiger partial charge in [0.15, 0.2) is 0 Å². The molecule has 1 aromatic heterocycles. The van der Waals surface area contributed by atoms with E-state index in [0.29, 0.717) is 0 Å². The molecule has 0 unspecified atom stereocenters. The van der Waals surface area contributed by atoms with Crippen LogP contribution in [0.4, 0.5) is 0 Å². The molecular formula is C16H15O3P. The highest BCUT2D eigenvalue weighted by Gasteiger charge is 2.40. The van der Waals surface area contributed by atoms with Crippen LogP contribution in [0.1, 0.15) is 36.8 Å². The molecule has 1 fully saturated rings. The number of hydrogen-bond acceptors (Lipinski definition) is 2. The Morgan fingerprint density at radius 2 is 2.15 bits per heavy atom. The van der Waals surface area contributed by atoms with Crippen molar-refractivity contribution in [2.75, 3.05) is 0 Å². The van der Waals surface area contributed by atoms with E-state index in [1.165, 1.54) is 21.6 Å². The molecule has 4 heteroatoms. The summed E-state index contributed by atoms with van der Waals surface area (Å²) in [6, 6.07) is 4.45. The van der Waals surface area contributed by atoms with Gasteiger partial charge in [-0.25, -0.2) is 0 Å². The van der Waals surface area contributed by atoms with Crippen LogP contribution in [0.5, 0.6) is 0 Å². The first-order valence-corrected chi connectivity index (χ1v) is 7.80. The Balaban J connectivity index is 1.73. The van der Waals surface area contributed by atoms with E-state index in [4.69, 9.17) is 9.30 Å². The van der Waals surface area contributed by atoms with Crippen molar-refractivity contribution in [3.8, 4) is 0 Å². The van der Waals surface area contributed by atoms with E-state index in [-0.39, 0.29) is 11.3 Å². The van der Waals surface area contributed by atoms with Crippen LogP contribution >= 0.6 is 8.43 Å². The standard InChI is InChI=1S/C16H15O3P/c17-15(18)10-1-4-16(5-2-10)6-3-11-8-14-12(7-13(11)16)9-19-20-14/h3,6-10H,1-2,4-5H2,(H,17,18). The number of fused-ring (bicyclic) bond motifs is 3. The molecule has 102 valence electrons. The normalized spacial score (nSPS) is 28.5. The van der Waals surface area contributed by atoms with E-state index in [2.05, 4.69) is 24.3 Å². The summed E-state index contributed by atoms with van der Waals surface area (Å²) in [5, 5.41) is 11.6. The molecule has 0 amide bonds. The van der Waals surface area contributed by atoms with Crippen LogP contribution < -0.4 is 0 Å². The van der Waals surface area contributed by atoms with Crippen molar-refractivity contribution in [1.29, 1.82) is 0 Å². The minimum atomic E-state index is -0.642. The Bertz CT molecular complexity index is 720. The lowest BCUT2D eigenvalue weighted by atomic mass is 9.68. The van der Waals surface area contributed by atoms with Crippen LogP contribution in [0.2, 0.25) is 0 Å². The highest BCUT2D eigenvalue weighted by atomic mass is 31.1. The molecule has 0 bridgehead atoms. The van der Waals surface area contributed by atoms with Gasteiger partial charge in [-0.3, -0.25) is 4.79 Å². The average Bonchev–Trinajstić information content (AvgIpc) is 3.03. The number of benzene rings is 1. The third-order valence-corrected chi connectivity index (χ3v) is 5.67. The van der Waals surface area contributed by atoms with Gasteiger partial charge in [0.05, 0.1) is 5.92 Å².